The van der Waals surface area contributed by atoms with E-state index in [9.17, 15) is 14.7 Å². The molecule has 0 aliphatic carbocycles. The molecule has 1 aliphatic rings. The maximum atomic E-state index is 12.8. The molecule has 2 aromatic carbocycles. The van der Waals surface area contributed by atoms with Crippen molar-refractivity contribution in [2.24, 2.45) is 0 Å². The summed E-state index contributed by atoms with van der Waals surface area (Å²) in [5, 5.41) is 12.3. The highest BCUT2D eigenvalue weighted by molar-refractivity contribution is 5.89. The molecule has 2 aromatic rings. The topological polar surface area (TPSA) is 75.6 Å². The van der Waals surface area contributed by atoms with Gasteiger partial charge in [0.15, 0.2) is 6.04 Å². The molecule has 0 saturated carbocycles. The zero-order chi connectivity index (χ0) is 18.0. The number of hydrogen-bond donors (Lipinski definition) is 2. The number of carboxylic acids is 1. The number of aliphatic carboxylic acids is 1. The van der Waals surface area contributed by atoms with Gasteiger partial charge < -0.3 is 15.2 Å². The lowest BCUT2D eigenvalue weighted by molar-refractivity contribution is -0.142. The molecule has 0 bridgehead atoms. The van der Waals surface area contributed by atoms with E-state index in [0.29, 0.717) is 24.3 Å². The molecule has 5 nitrogen and oxygen atoms in total. The van der Waals surface area contributed by atoms with Crippen molar-refractivity contribution in [2.75, 3.05) is 6.61 Å². The molecule has 2 unspecified atom stereocenters. The summed E-state index contributed by atoms with van der Waals surface area (Å²) in [6.45, 7) is 4.26. The van der Waals surface area contributed by atoms with Gasteiger partial charge in [0.1, 0.15) is 5.75 Å². The van der Waals surface area contributed by atoms with E-state index in [1.165, 1.54) is 0 Å². The van der Waals surface area contributed by atoms with Gasteiger partial charge in [0.2, 0.25) is 5.91 Å². The summed E-state index contributed by atoms with van der Waals surface area (Å²) in [5.41, 5.74) is 3.31. The summed E-state index contributed by atoms with van der Waals surface area (Å²) in [5.74, 6) is -1.08. The number of carbonyl (C=O) groups is 2. The van der Waals surface area contributed by atoms with Gasteiger partial charge >= 0.3 is 5.97 Å². The van der Waals surface area contributed by atoms with Crippen LogP contribution in [0, 0.1) is 13.8 Å². The second-order valence-electron chi connectivity index (χ2n) is 6.43. The van der Waals surface area contributed by atoms with Crippen LogP contribution < -0.4 is 10.1 Å². The normalized spacial score (nSPS) is 17.1. The average molecular weight is 339 g/mol. The highest BCUT2D eigenvalue weighted by Gasteiger charge is 2.31. The Morgan fingerprint density at radius 2 is 1.84 bits per heavy atom. The van der Waals surface area contributed by atoms with E-state index in [1.807, 2.05) is 44.2 Å². The van der Waals surface area contributed by atoms with Gasteiger partial charge in [-0.15, -0.1) is 0 Å². The second kappa shape index (κ2) is 6.97. The first kappa shape index (κ1) is 17.0. The van der Waals surface area contributed by atoms with Crippen LogP contribution in [0.15, 0.2) is 42.5 Å². The fourth-order valence-electron chi connectivity index (χ4n) is 3.32. The van der Waals surface area contributed by atoms with Crippen LogP contribution >= 0.6 is 0 Å². The van der Waals surface area contributed by atoms with E-state index in [4.69, 9.17) is 4.74 Å². The van der Waals surface area contributed by atoms with Crippen molar-refractivity contribution < 1.29 is 19.4 Å². The molecule has 1 heterocycles. The summed E-state index contributed by atoms with van der Waals surface area (Å²) in [4.78, 5) is 24.5. The maximum Gasteiger partial charge on any atom is 0.330 e. The summed E-state index contributed by atoms with van der Waals surface area (Å²) >= 11 is 0. The molecule has 0 saturated heterocycles. The van der Waals surface area contributed by atoms with Crippen molar-refractivity contribution in [3.05, 3.63) is 64.7 Å². The van der Waals surface area contributed by atoms with Gasteiger partial charge in [0.25, 0.3) is 0 Å². The van der Waals surface area contributed by atoms with Crippen LogP contribution in [0.3, 0.4) is 0 Å². The van der Waals surface area contributed by atoms with Crippen LogP contribution in [0.4, 0.5) is 0 Å². The molecular formula is C20H21NO4. The average Bonchev–Trinajstić information content (AvgIpc) is 2.57. The quantitative estimate of drug-likeness (QED) is 0.897. The number of aryl methyl sites for hydroxylation is 2. The summed E-state index contributed by atoms with van der Waals surface area (Å²) in [6, 6.07) is 11.9. The number of benzene rings is 2. The highest BCUT2D eigenvalue weighted by Crippen LogP contribution is 2.34. The molecule has 130 valence electrons. The smallest absolute Gasteiger partial charge is 0.330 e. The van der Waals surface area contributed by atoms with Gasteiger partial charge in [0.05, 0.1) is 12.5 Å². The Balaban J connectivity index is 1.86. The van der Waals surface area contributed by atoms with Crippen LogP contribution in [0.2, 0.25) is 0 Å². The third kappa shape index (κ3) is 3.65. The predicted octanol–water partition coefficient (Wildman–Crippen LogP) is 3.11. The van der Waals surface area contributed by atoms with Gasteiger partial charge in [-0.25, -0.2) is 4.79 Å². The number of ether oxygens (including phenoxy) is 1. The summed E-state index contributed by atoms with van der Waals surface area (Å²) < 4.78 is 5.58. The minimum atomic E-state index is -1.07. The molecule has 3 rings (SSSR count). The van der Waals surface area contributed by atoms with E-state index in [2.05, 4.69) is 5.32 Å². The minimum absolute atomic E-state index is 0.290. The van der Waals surface area contributed by atoms with Crippen LogP contribution in [0.25, 0.3) is 0 Å². The number of amides is 1. The molecule has 5 heteroatoms. The van der Waals surface area contributed by atoms with Crippen molar-refractivity contribution in [2.45, 2.75) is 32.2 Å². The number of fused-ring (bicyclic) bond motifs is 1. The maximum absolute atomic E-state index is 12.8. The van der Waals surface area contributed by atoms with Gasteiger partial charge in [-0.3, -0.25) is 4.79 Å². The molecule has 0 radical (unpaired) electrons. The Kier molecular flexibility index (Phi) is 4.74. The van der Waals surface area contributed by atoms with Crippen molar-refractivity contribution in [1.29, 1.82) is 0 Å². The number of para-hydroxylation sites is 1. The Morgan fingerprint density at radius 1 is 1.16 bits per heavy atom. The van der Waals surface area contributed by atoms with Crippen LogP contribution in [0.1, 0.15) is 40.6 Å². The zero-order valence-corrected chi connectivity index (χ0v) is 14.3. The lowest BCUT2D eigenvalue weighted by Crippen LogP contribution is -2.38. The minimum Gasteiger partial charge on any atom is -0.493 e. The third-order valence-corrected chi connectivity index (χ3v) is 4.39. The molecule has 0 spiro atoms. The highest BCUT2D eigenvalue weighted by atomic mass is 16.5. The van der Waals surface area contributed by atoms with Gasteiger partial charge in [-0.1, -0.05) is 47.5 Å². The molecule has 2 atom stereocenters. The van der Waals surface area contributed by atoms with E-state index in [0.717, 1.165) is 16.7 Å². The molecule has 0 fully saturated rings. The van der Waals surface area contributed by atoms with Crippen LogP contribution in [-0.4, -0.2) is 23.6 Å². The molecule has 1 aliphatic heterocycles. The standard InChI is InChI=1S/C20H21NO4/c1-12-9-13(2)11-14(10-12)18(20(23)24)21-19(22)16-7-8-25-17-6-4-3-5-15(16)17/h3-6,9-11,16,18H,7-8H2,1-2H3,(H,21,22)(H,23,24). The monoisotopic (exact) mass is 339 g/mol. The molecule has 1 amide bonds. The number of carbonyl (C=O) groups excluding carboxylic acids is 1. The van der Waals surface area contributed by atoms with E-state index < -0.39 is 17.9 Å². The molecular weight excluding hydrogens is 318 g/mol. The SMILES string of the molecule is Cc1cc(C)cc(C(NC(=O)C2CCOc3ccccc32)C(=O)O)c1. The number of nitrogens with one attached hydrogen (secondary N) is 1. The first-order valence-electron chi connectivity index (χ1n) is 8.29. The third-order valence-electron chi connectivity index (χ3n) is 4.39. The van der Waals surface area contributed by atoms with E-state index in [1.54, 1.807) is 12.1 Å². The summed E-state index contributed by atoms with van der Waals surface area (Å²) in [7, 11) is 0. The lowest BCUT2D eigenvalue weighted by Gasteiger charge is -2.26. The fraction of sp³-hybridized carbons (Fsp3) is 0.300. The molecule has 0 aromatic heterocycles. The van der Waals surface area contributed by atoms with Crippen molar-refractivity contribution in [3.8, 4) is 5.75 Å². The van der Waals surface area contributed by atoms with Crippen molar-refractivity contribution in [1.82, 2.24) is 5.32 Å². The Bertz CT molecular complexity index is 795. The predicted molar refractivity (Wildman–Crippen MR) is 93.7 cm³/mol. The van der Waals surface area contributed by atoms with Crippen LogP contribution in [-0.2, 0) is 9.59 Å². The van der Waals surface area contributed by atoms with Crippen molar-refractivity contribution >= 4 is 11.9 Å². The second-order valence-corrected chi connectivity index (χ2v) is 6.43. The zero-order valence-electron chi connectivity index (χ0n) is 14.3. The van der Waals surface area contributed by atoms with Crippen LogP contribution in [0.5, 0.6) is 5.75 Å². The first-order valence-corrected chi connectivity index (χ1v) is 8.29. The lowest BCUT2D eigenvalue weighted by atomic mass is 9.91. The fourth-order valence-corrected chi connectivity index (χ4v) is 3.32. The number of rotatable bonds is 4. The molecule has 2 N–H and O–H groups in total. The number of carboxylic acid groups (broad SMARTS) is 1. The Hall–Kier alpha value is -2.82. The Labute approximate surface area is 146 Å². The largest absolute Gasteiger partial charge is 0.493 e. The number of hydrogen-bond acceptors (Lipinski definition) is 3. The van der Waals surface area contributed by atoms with Crippen molar-refractivity contribution in [3.63, 3.8) is 0 Å². The first-order chi connectivity index (χ1) is 12.0. The van der Waals surface area contributed by atoms with Gasteiger partial charge in [-0.05, 0) is 31.9 Å². The van der Waals surface area contributed by atoms with Gasteiger partial charge in [0, 0.05) is 5.56 Å². The Morgan fingerprint density at radius 3 is 2.52 bits per heavy atom. The van der Waals surface area contributed by atoms with E-state index >= 15 is 0 Å². The van der Waals surface area contributed by atoms with E-state index in [-0.39, 0.29) is 5.91 Å². The molecule has 25 heavy (non-hydrogen) atoms. The summed E-state index contributed by atoms with van der Waals surface area (Å²) in [6.07, 6.45) is 0.530. The van der Waals surface area contributed by atoms with Gasteiger partial charge in [-0.2, -0.15) is 0 Å².